The highest BCUT2D eigenvalue weighted by Crippen LogP contribution is 2.18. The van der Waals surface area contributed by atoms with E-state index in [0.717, 1.165) is 23.1 Å². The smallest absolute Gasteiger partial charge is 0.234 e. The van der Waals surface area contributed by atoms with Crippen LogP contribution in [0.4, 0.5) is 5.69 Å². The molecule has 1 N–H and O–H groups in total. The lowest BCUT2D eigenvalue weighted by atomic mass is 10.3. The largest absolute Gasteiger partial charge is 0.325 e. The third-order valence-corrected chi connectivity index (χ3v) is 3.78. The highest BCUT2D eigenvalue weighted by atomic mass is 32.2. The Morgan fingerprint density at radius 1 is 1.38 bits per heavy atom. The van der Waals surface area contributed by atoms with Gasteiger partial charge in [-0.2, -0.15) is 0 Å². The summed E-state index contributed by atoms with van der Waals surface area (Å²) in [6.07, 6.45) is 2.61. The van der Waals surface area contributed by atoms with Crippen LogP contribution in [0.5, 0.6) is 0 Å². The van der Waals surface area contributed by atoms with Gasteiger partial charge >= 0.3 is 0 Å². The molecule has 2 aromatic rings. The van der Waals surface area contributed by atoms with Crippen molar-refractivity contribution in [1.82, 2.24) is 14.8 Å². The first-order valence-electron chi connectivity index (χ1n) is 6.75. The van der Waals surface area contributed by atoms with Crippen molar-refractivity contribution in [3.8, 4) is 0 Å². The minimum absolute atomic E-state index is 0.0580. The van der Waals surface area contributed by atoms with E-state index in [9.17, 15) is 4.79 Å². The lowest BCUT2D eigenvalue weighted by Crippen LogP contribution is -2.14. The number of aromatic nitrogens is 3. The molecule has 1 aromatic carbocycles. The lowest BCUT2D eigenvalue weighted by molar-refractivity contribution is -0.113. The number of nitrogens with zero attached hydrogens (tertiary/aromatic N) is 3. The van der Waals surface area contributed by atoms with Crippen LogP contribution in [-0.4, -0.2) is 26.4 Å². The van der Waals surface area contributed by atoms with E-state index in [1.165, 1.54) is 11.8 Å². The van der Waals surface area contributed by atoms with Gasteiger partial charge in [-0.3, -0.25) is 4.79 Å². The Morgan fingerprint density at radius 2 is 2.14 bits per heavy atom. The number of thioether (sulfide) groups is 1. The van der Waals surface area contributed by atoms with Gasteiger partial charge in [0.15, 0.2) is 5.16 Å². The molecule has 110 valence electrons. The van der Waals surface area contributed by atoms with Crippen molar-refractivity contribution in [3.05, 3.63) is 48.8 Å². The number of benzene rings is 1. The summed E-state index contributed by atoms with van der Waals surface area (Å²) in [7, 11) is 0. The number of rotatable bonds is 7. The molecule has 0 atom stereocenters. The fourth-order valence-electron chi connectivity index (χ4n) is 1.85. The van der Waals surface area contributed by atoms with Crippen LogP contribution in [0.25, 0.3) is 0 Å². The highest BCUT2D eigenvalue weighted by Gasteiger charge is 2.12. The van der Waals surface area contributed by atoms with Gasteiger partial charge in [-0.05, 0) is 12.1 Å². The Kier molecular flexibility index (Phi) is 5.57. The minimum atomic E-state index is -0.0580. The normalized spacial score (nSPS) is 10.3. The first kappa shape index (κ1) is 15.3. The zero-order valence-corrected chi connectivity index (χ0v) is 12.8. The minimum Gasteiger partial charge on any atom is -0.325 e. The van der Waals surface area contributed by atoms with Crippen LogP contribution in [0.3, 0.4) is 0 Å². The summed E-state index contributed by atoms with van der Waals surface area (Å²) in [5.41, 5.74) is 0.796. The number of hydrogen-bond donors (Lipinski definition) is 1. The summed E-state index contributed by atoms with van der Waals surface area (Å²) in [4.78, 5) is 11.9. The number of para-hydroxylation sites is 1. The summed E-state index contributed by atoms with van der Waals surface area (Å²) >= 11 is 1.38. The molecule has 0 fully saturated rings. The van der Waals surface area contributed by atoms with Crippen molar-refractivity contribution in [2.75, 3.05) is 11.1 Å². The summed E-state index contributed by atoms with van der Waals surface area (Å²) in [6, 6.07) is 9.40. The molecule has 0 unspecified atom stereocenters. The van der Waals surface area contributed by atoms with Gasteiger partial charge in [0.25, 0.3) is 0 Å². The summed E-state index contributed by atoms with van der Waals surface area (Å²) in [5.74, 6) is 1.15. The molecular formula is C15H18N4OS. The average molecular weight is 302 g/mol. The standard InChI is InChI=1S/C15H18N4OS/c1-3-10-19-13(4-2)17-18-15(19)21-11-14(20)16-12-8-6-5-7-9-12/h3,5-9H,1,4,10-11H2,2H3,(H,16,20). The number of anilines is 1. The van der Waals surface area contributed by atoms with Crippen molar-refractivity contribution in [2.45, 2.75) is 25.0 Å². The van der Waals surface area contributed by atoms with Crippen LogP contribution < -0.4 is 5.32 Å². The maximum Gasteiger partial charge on any atom is 0.234 e. The molecule has 0 aliphatic heterocycles. The van der Waals surface area contributed by atoms with Gasteiger partial charge in [-0.15, -0.1) is 16.8 Å². The topological polar surface area (TPSA) is 59.8 Å². The fraction of sp³-hybridized carbons (Fsp3) is 0.267. The van der Waals surface area contributed by atoms with Crippen LogP contribution in [0.2, 0.25) is 0 Å². The molecule has 0 aliphatic rings. The van der Waals surface area contributed by atoms with E-state index in [2.05, 4.69) is 22.1 Å². The number of amides is 1. The molecule has 1 heterocycles. The van der Waals surface area contributed by atoms with Crippen molar-refractivity contribution in [3.63, 3.8) is 0 Å². The summed E-state index contributed by atoms with van der Waals surface area (Å²) < 4.78 is 1.98. The molecule has 0 aliphatic carbocycles. The molecule has 6 heteroatoms. The first-order chi connectivity index (χ1) is 10.2. The molecule has 1 aromatic heterocycles. The molecule has 0 spiro atoms. The number of aryl methyl sites for hydroxylation is 1. The van der Waals surface area contributed by atoms with E-state index in [-0.39, 0.29) is 5.91 Å². The monoisotopic (exact) mass is 302 g/mol. The van der Waals surface area contributed by atoms with Crippen LogP contribution in [0, 0.1) is 0 Å². The Labute approximate surface area is 128 Å². The van der Waals surface area contributed by atoms with E-state index in [1.807, 2.05) is 41.8 Å². The summed E-state index contributed by atoms with van der Waals surface area (Å²) in [6.45, 7) is 6.42. The Morgan fingerprint density at radius 3 is 2.81 bits per heavy atom. The lowest BCUT2D eigenvalue weighted by Gasteiger charge is -2.07. The number of allylic oxidation sites excluding steroid dienone is 1. The predicted molar refractivity (Wildman–Crippen MR) is 85.4 cm³/mol. The second-order valence-corrected chi connectivity index (χ2v) is 5.30. The number of carbonyl (C=O) groups is 1. The predicted octanol–water partition coefficient (Wildman–Crippen LogP) is 2.76. The second kappa shape index (κ2) is 7.64. The zero-order valence-electron chi connectivity index (χ0n) is 12.0. The van der Waals surface area contributed by atoms with Crippen LogP contribution >= 0.6 is 11.8 Å². The van der Waals surface area contributed by atoms with Gasteiger partial charge in [-0.25, -0.2) is 0 Å². The quantitative estimate of drug-likeness (QED) is 0.631. The molecule has 5 nitrogen and oxygen atoms in total. The number of nitrogens with one attached hydrogen (secondary N) is 1. The van der Waals surface area contributed by atoms with E-state index in [0.29, 0.717) is 12.3 Å². The van der Waals surface area contributed by atoms with Gasteiger partial charge in [-0.1, -0.05) is 43.0 Å². The maximum atomic E-state index is 11.9. The van der Waals surface area contributed by atoms with Crippen molar-refractivity contribution in [2.24, 2.45) is 0 Å². The maximum absolute atomic E-state index is 11.9. The second-order valence-electron chi connectivity index (χ2n) is 4.35. The molecule has 1 amide bonds. The van der Waals surface area contributed by atoms with E-state index >= 15 is 0 Å². The molecule has 0 radical (unpaired) electrons. The number of hydrogen-bond acceptors (Lipinski definition) is 4. The van der Waals surface area contributed by atoms with E-state index in [1.54, 1.807) is 6.08 Å². The van der Waals surface area contributed by atoms with Gasteiger partial charge in [0, 0.05) is 18.7 Å². The molecule has 0 saturated heterocycles. The molecule has 2 rings (SSSR count). The Hall–Kier alpha value is -2.08. The highest BCUT2D eigenvalue weighted by molar-refractivity contribution is 7.99. The van der Waals surface area contributed by atoms with Crippen molar-refractivity contribution >= 4 is 23.4 Å². The third-order valence-electron chi connectivity index (χ3n) is 2.81. The molecule has 0 bridgehead atoms. The molecule has 21 heavy (non-hydrogen) atoms. The Balaban J connectivity index is 1.95. The van der Waals surface area contributed by atoms with Crippen LogP contribution in [-0.2, 0) is 17.8 Å². The molecule has 0 saturated carbocycles. The zero-order chi connectivity index (χ0) is 15.1. The van der Waals surface area contributed by atoms with Gasteiger partial charge in [0.2, 0.25) is 5.91 Å². The average Bonchev–Trinajstić information content (AvgIpc) is 2.89. The van der Waals surface area contributed by atoms with Crippen molar-refractivity contribution in [1.29, 1.82) is 0 Å². The third kappa shape index (κ3) is 4.19. The van der Waals surface area contributed by atoms with E-state index < -0.39 is 0 Å². The number of carbonyl (C=O) groups excluding carboxylic acids is 1. The van der Waals surface area contributed by atoms with Gasteiger partial charge in [0.1, 0.15) is 5.82 Å². The fourth-order valence-corrected chi connectivity index (χ4v) is 2.62. The first-order valence-corrected chi connectivity index (χ1v) is 7.73. The SMILES string of the molecule is C=CCn1c(CC)nnc1SCC(=O)Nc1ccccc1. The van der Waals surface area contributed by atoms with E-state index in [4.69, 9.17) is 0 Å². The molecular weight excluding hydrogens is 284 g/mol. The van der Waals surface area contributed by atoms with Crippen LogP contribution in [0.15, 0.2) is 48.1 Å². The van der Waals surface area contributed by atoms with Gasteiger partial charge < -0.3 is 9.88 Å². The van der Waals surface area contributed by atoms with Crippen LogP contribution in [0.1, 0.15) is 12.7 Å². The van der Waals surface area contributed by atoms with Gasteiger partial charge in [0.05, 0.1) is 5.75 Å². The summed E-state index contributed by atoms with van der Waals surface area (Å²) in [5, 5.41) is 11.9. The van der Waals surface area contributed by atoms with Crippen molar-refractivity contribution < 1.29 is 4.79 Å². The Bertz CT molecular complexity index is 609.